The number of nitrogens with one attached hydrogen (secondary N) is 2. The molecule has 1 aromatic carbocycles. The van der Waals surface area contributed by atoms with Gasteiger partial charge in [-0.1, -0.05) is 0 Å². The summed E-state index contributed by atoms with van der Waals surface area (Å²) in [5.41, 5.74) is 2.14. The summed E-state index contributed by atoms with van der Waals surface area (Å²) >= 11 is 0. The van der Waals surface area contributed by atoms with Crippen LogP contribution in [0.2, 0.25) is 0 Å². The number of rotatable bonds is 2. The SMILES string of the molecule is COC(=O)c1cc(-c2ncc[nH]2)cc2cc[nH]c12. The topological polar surface area (TPSA) is 70.8 Å². The summed E-state index contributed by atoms with van der Waals surface area (Å²) in [7, 11) is 1.37. The molecule has 0 amide bonds. The maximum Gasteiger partial charge on any atom is 0.340 e. The van der Waals surface area contributed by atoms with Crippen molar-refractivity contribution in [3.63, 3.8) is 0 Å². The number of benzene rings is 1. The van der Waals surface area contributed by atoms with Crippen LogP contribution < -0.4 is 0 Å². The Morgan fingerprint density at radius 1 is 1.28 bits per heavy atom. The van der Waals surface area contributed by atoms with Gasteiger partial charge < -0.3 is 14.7 Å². The van der Waals surface area contributed by atoms with E-state index in [9.17, 15) is 4.79 Å². The standard InChI is InChI=1S/C13H11N3O2/c1-18-13(17)10-7-9(12-15-4-5-16-12)6-8-2-3-14-11(8)10/h2-7,14H,1H3,(H,15,16). The van der Waals surface area contributed by atoms with Crippen molar-refractivity contribution in [1.29, 1.82) is 0 Å². The smallest absolute Gasteiger partial charge is 0.340 e. The van der Waals surface area contributed by atoms with E-state index >= 15 is 0 Å². The van der Waals surface area contributed by atoms with Crippen molar-refractivity contribution in [2.45, 2.75) is 0 Å². The summed E-state index contributed by atoms with van der Waals surface area (Å²) in [4.78, 5) is 22.0. The number of fused-ring (bicyclic) bond motifs is 1. The molecule has 0 fully saturated rings. The van der Waals surface area contributed by atoms with Crippen molar-refractivity contribution in [3.05, 3.63) is 42.4 Å². The molecule has 0 saturated carbocycles. The second-order valence-corrected chi connectivity index (χ2v) is 3.90. The van der Waals surface area contributed by atoms with Gasteiger partial charge in [0, 0.05) is 29.5 Å². The van der Waals surface area contributed by atoms with Gasteiger partial charge in [0.1, 0.15) is 5.82 Å². The quantitative estimate of drug-likeness (QED) is 0.676. The number of hydrogen-bond acceptors (Lipinski definition) is 3. The molecule has 5 heteroatoms. The van der Waals surface area contributed by atoms with E-state index in [-0.39, 0.29) is 5.97 Å². The van der Waals surface area contributed by atoms with E-state index in [2.05, 4.69) is 15.0 Å². The number of aromatic nitrogens is 3. The molecule has 0 bridgehead atoms. The lowest BCUT2D eigenvalue weighted by Gasteiger charge is -2.04. The lowest BCUT2D eigenvalue weighted by molar-refractivity contribution is 0.0603. The van der Waals surface area contributed by atoms with Gasteiger partial charge in [-0.3, -0.25) is 0 Å². The zero-order chi connectivity index (χ0) is 12.5. The number of imidazole rings is 1. The molecule has 0 radical (unpaired) electrons. The first kappa shape index (κ1) is 10.6. The lowest BCUT2D eigenvalue weighted by Crippen LogP contribution is -2.02. The zero-order valence-corrected chi connectivity index (χ0v) is 9.73. The third-order valence-corrected chi connectivity index (χ3v) is 2.84. The highest BCUT2D eigenvalue weighted by Crippen LogP contribution is 2.25. The molecule has 18 heavy (non-hydrogen) atoms. The van der Waals surface area contributed by atoms with Crippen molar-refractivity contribution in [3.8, 4) is 11.4 Å². The van der Waals surface area contributed by atoms with Crippen molar-refractivity contribution >= 4 is 16.9 Å². The van der Waals surface area contributed by atoms with E-state index < -0.39 is 0 Å². The van der Waals surface area contributed by atoms with Crippen LogP contribution in [0.25, 0.3) is 22.3 Å². The molecule has 2 N–H and O–H groups in total. The molecular weight excluding hydrogens is 230 g/mol. The van der Waals surface area contributed by atoms with Gasteiger partial charge in [-0.25, -0.2) is 9.78 Å². The van der Waals surface area contributed by atoms with Crippen LogP contribution in [0.3, 0.4) is 0 Å². The molecule has 0 unspecified atom stereocenters. The largest absolute Gasteiger partial charge is 0.465 e. The van der Waals surface area contributed by atoms with Gasteiger partial charge >= 0.3 is 5.97 Å². The van der Waals surface area contributed by atoms with Gasteiger partial charge in [-0.05, 0) is 18.2 Å². The number of carbonyl (C=O) groups excluding carboxylic acids is 1. The second-order valence-electron chi connectivity index (χ2n) is 3.90. The van der Waals surface area contributed by atoms with E-state index in [0.29, 0.717) is 5.56 Å². The lowest BCUT2D eigenvalue weighted by atomic mass is 10.1. The van der Waals surface area contributed by atoms with Gasteiger partial charge in [0.05, 0.1) is 18.2 Å². The summed E-state index contributed by atoms with van der Waals surface area (Å²) in [6.45, 7) is 0. The van der Waals surface area contributed by atoms with E-state index in [4.69, 9.17) is 4.74 Å². The molecule has 5 nitrogen and oxygen atoms in total. The molecule has 0 atom stereocenters. The Bertz CT molecular complexity index is 698. The molecule has 0 aliphatic heterocycles. The van der Waals surface area contributed by atoms with Gasteiger partial charge in [-0.15, -0.1) is 0 Å². The molecule has 3 aromatic rings. The van der Waals surface area contributed by atoms with E-state index in [0.717, 1.165) is 22.3 Å². The first-order valence-corrected chi connectivity index (χ1v) is 5.49. The van der Waals surface area contributed by atoms with Crippen LogP contribution in [0.1, 0.15) is 10.4 Å². The predicted molar refractivity (Wildman–Crippen MR) is 67.2 cm³/mol. The minimum atomic E-state index is -0.365. The van der Waals surface area contributed by atoms with Crippen LogP contribution in [-0.2, 0) is 4.74 Å². The van der Waals surface area contributed by atoms with E-state index in [1.165, 1.54) is 7.11 Å². The third-order valence-electron chi connectivity index (χ3n) is 2.84. The Morgan fingerprint density at radius 2 is 2.17 bits per heavy atom. The van der Waals surface area contributed by atoms with Crippen LogP contribution in [0.5, 0.6) is 0 Å². The average Bonchev–Trinajstić information content (AvgIpc) is 3.06. The molecule has 2 aromatic heterocycles. The number of esters is 1. The molecule has 0 saturated heterocycles. The maximum atomic E-state index is 11.8. The Morgan fingerprint density at radius 3 is 2.89 bits per heavy atom. The fraction of sp³-hybridized carbons (Fsp3) is 0.0769. The zero-order valence-electron chi connectivity index (χ0n) is 9.73. The predicted octanol–water partition coefficient (Wildman–Crippen LogP) is 2.34. The highest BCUT2D eigenvalue weighted by molar-refractivity contribution is 6.04. The Balaban J connectivity index is 2.26. The van der Waals surface area contributed by atoms with Crippen LogP contribution in [-0.4, -0.2) is 28.0 Å². The van der Waals surface area contributed by atoms with Crippen LogP contribution in [0, 0.1) is 0 Å². The summed E-state index contributed by atoms with van der Waals surface area (Å²) < 4.78 is 4.80. The van der Waals surface area contributed by atoms with Gasteiger partial charge in [0.15, 0.2) is 0 Å². The minimum absolute atomic E-state index is 0.365. The van der Waals surface area contributed by atoms with Crippen LogP contribution >= 0.6 is 0 Å². The van der Waals surface area contributed by atoms with Crippen LogP contribution in [0.15, 0.2) is 36.8 Å². The van der Waals surface area contributed by atoms with Gasteiger partial charge in [-0.2, -0.15) is 0 Å². The maximum absolute atomic E-state index is 11.8. The molecule has 0 aliphatic carbocycles. The van der Waals surface area contributed by atoms with Crippen molar-refractivity contribution in [2.75, 3.05) is 7.11 Å². The second kappa shape index (κ2) is 4.03. The number of hydrogen-bond donors (Lipinski definition) is 2. The van der Waals surface area contributed by atoms with Gasteiger partial charge in [0.25, 0.3) is 0 Å². The number of nitrogens with zero attached hydrogens (tertiary/aromatic N) is 1. The fourth-order valence-electron chi connectivity index (χ4n) is 2.00. The highest BCUT2D eigenvalue weighted by atomic mass is 16.5. The normalized spacial score (nSPS) is 10.7. The summed E-state index contributed by atoms with van der Waals surface area (Å²) in [5, 5.41) is 0.948. The first-order chi connectivity index (χ1) is 8.79. The summed E-state index contributed by atoms with van der Waals surface area (Å²) in [5.74, 6) is 0.360. The first-order valence-electron chi connectivity index (χ1n) is 5.49. The molecule has 0 aliphatic rings. The molecule has 3 rings (SSSR count). The number of aromatic amines is 2. The van der Waals surface area contributed by atoms with E-state index in [1.54, 1.807) is 24.7 Å². The van der Waals surface area contributed by atoms with Gasteiger partial charge in [0.2, 0.25) is 0 Å². The summed E-state index contributed by atoms with van der Waals surface area (Å²) in [6, 6.07) is 5.65. The average molecular weight is 241 g/mol. The number of ether oxygens (including phenoxy) is 1. The molecular formula is C13H11N3O2. The number of H-pyrrole nitrogens is 2. The monoisotopic (exact) mass is 241 g/mol. The van der Waals surface area contributed by atoms with Crippen LogP contribution in [0.4, 0.5) is 0 Å². The Labute approximate surface area is 103 Å². The molecule has 90 valence electrons. The Kier molecular flexibility index (Phi) is 2.37. The fourth-order valence-corrected chi connectivity index (χ4v) is 2.00. The van der Waals surface area contributed by atoms with Crippen molar-refractivity contribution < 1.29 is 9.53 Å². The molecule has 0 spiro atoms. The van der Waals surface area contributed by atoms with Crippen molar-refractivity contribution in [2.24, 2.45) is 0 Å². The minimum Gasteiger partial charge on any atom is -0.465 e. The van der Waals surface area contributed by atoms with Crippen molar-refractivity contribution in [1.82, 2.24) is 15.0 Å². The third kappa shape index (κ3) is 1.57. The highest BCUT2D eigenvalue weighted by Gasteiger charge is 2.14. The van der Waals surface area contributed by atoms with E-state index in [1.807, 2.05) is 12.1 Å². The summed E-state index contributed by atoms with van der Waals surface area (Å²) in [6.07, 6.45) is 5.21. The Hall–Kier alpha value is -2.56. The number of carbonyl (C=O) groups is 1. The molecule has 2 heterocycles. The number of methoxy groups -OCH3 is 1.